The summed E-state index contributed by atoms with van der Waals surface area (Å²) in [5.41, 5.74) is -0.119. The molecule has 0 saturated heterocycles. The smallest absolute Gasteiger partial charge is 0.339 e. The Hall–Kier alpha value is -2.87. The fourth-order valence-corrected chi connectivity index (χ4v) is 2.44. The molecule has 0 saturated carbocycles. The van der Waals surface area contributed by atoms with Crippen LogP contribution in [-0.2, 0) is 6.18 Å². The lowest BCUT2D eigenvalue weighted by molar-refractivity contribution is -0.137. The predicted octanol–water partition coefficient (Wildman–Crippen LogP) is 4.97. The number of alkyl halides is 3. The van der Waals surface area contributed by atoms with Crippen LogP contribution in [0.25, 0.3) is 11.4 Å². The summed E-state index contributed by atoms with van der Waals surface area (Å²) in [5, 5.41) is 5.74. The fraction of sp³-hybridized carbons (Fsp3) is 0.118. The van der Waals surface area contributed by atoms with Crippen LogP contribution in [0, 0.1) is 6.92 Å². The van der Waals surface area contributed by atoms with Gasteiger partial charge in [0.05, 0.1) is 10.6 Å². The van der Waals surface area contributed by atoms with Crippen molar-refractivity contribution in [1.29, 1.82) is 0 Å². The van der Waals surface area contributed by atoms with Crippen LogP contribution in [-0.4, -0.2) is 16.0 Å². The Balaban J connectivity index is 1.78. The molecule has 0 fully saturated rings. The molecular formula is C17H11ClF3N3O2. The van der Waals surface area contributed by atoms with E-state index in [0.717, 1.165) is 12.1 Å². The molecule has 26 heavy (non-hydrogen) atoms. The summed E-state index contributed by atoms with van der Waals surface area (Å²) < 4.78 is 43.5. The Kier molecular flexibility index (Phi) is 4.69. The molecule has 0 bridgehead atoms. The molecule has 0 aliphatic heterocycles. The second-order valence-electron chi connectivity index (χ2n) is 5.36. The van der Waals surface area contributed by atoms with Crippen molar-refractivity contribution in [3.8, 4) is 11.4 Å². The van der Waals surface area contributed by atoms with Gasteiger partial charge < -0.3 is 9.84 Å². The first-order valence-electron chi connectivity index (χ1n) is 7.33. The average molecular weight is 382 g/mol. The normalized spacial score (nSPS) is 11.4. The molecule has 1 amide bonds. The molecule has 2 aromatic carbocycles. The van der Waals surface area contributed by atoms with Crippen LogP contribution in [0.1, 0.15) is 21.8 Å². The lowest BCUT2D eigenvalue weighted by atomic mass is 10.1. The standard InChI is InChI=1S/C17H11ClF3N3O2/c1-9-22-15(24-26-9)10-2-4-11(5-3-10)16(25)23-12-6-7-14(18)13(8-12)17(19,20)21/h2-8H,1H3,(H,23,25). The zero-order chi connectivity index (χ0) is 18.9. The Morgan fingerprint density at radius 2 is 1.85 bits per heavy atom. The zero-order valence-electron chi connectivity index (χ0n) is 13.3. The van der Waals surface area contributed by atoms with Crippen molar-refractivity contribution < 1.29 is 22.5 Å². The summed E-state index contributed by atoms with van der Waals surface area (Å²) in [4.78, 5) is 16.3. The molecule has 0 aliphatic carbocycles. The van der Waals surface area contributed by atoms with Gasteiger partial charge in [-0.15, -0.1) is 0 Å². The third-order valence-electron chi connectivity index (χ3n) is 3.46. The number of aryl methyl sites for hydroxylation is 1. The van der Waals surface area contributed by atoms with Gasteiger partial charge in [-0.05, 0) is 30.3 Å². The third kappa shape index (κ3) is 3.85. The van der Waals surface area contributed by atoms with Crippen LogP contribution in [0.4, 0.5) is 18.9 Å². The Morgan fingerprint density at radius 1 is 1.15 bits per heavy atom. The van der Waals surface area contributed by atoms with Crippen LogP contribution in [0.5, 0.6) is 0 Å². The summed E-state index contributed by atoms with van der Waals surface area (Å²) in [7, 11) is 0. The topological polar surface area (TPSA) is 68.0 Å². The van der Waals surface area contributed by atoms with Gasteiger partial charge in [0.25, 0.3) is 5.91 Å². The largest absolute Gasteiger partial charge is 0.417 e. The van der Waals surface area contributed by atoms with E-state index >= 15 is 0 Å². The number of aromatic nitrogens is 2. The van der Waals surface area contributed by atoms with Crippen LogP contribution >= 0.6 is 11.6 Å². The third-order valence-corrected chi connectivity index (χ3v) is 3.79. The number of halogens is 4. The number of benzene rings is 2. The fourth-order valence-electron chi connectivity index (χ4n) is 2.21. The van der Waals surface area contributed by atoms with Gasteiger partial charge in [0.1, 0.15) is 0 Å². The second kappa shape index (κ2) is 6.80. The van der Waals surface area contributed by atoms with E-state index in [1.54, 1.807) is 19.1 Å². The molecule has 1 heterocycles. The molecular weight excluding hydrogens is 371 g/mol. The minimum Gasteiger partial charge on any atom is -0.339 e. The average Bonchev–Trinajstić information content (AvgIpc) is 3.02. The highest BCUT2D eigenvalue weighted by Gasteiger charge is 2.33. The number of nitrogens with zero attached hydrogens (tertiary/aromatic N) is 2. The summed E-state index contributed by atoms with van der Waals surface area (Å²) >= 11 is 5.56. The predicted molar refractivity (Wildman–Crippen MR) is 88.9 cm³/mol. The summed E-state index contributed by atoms with van der Waals surface area (Å²) in [6.07, 6.45) is -4.61. The lowest BCUT2D eigenvalue weighted by Crippen LogP contribution is -2.13. The van der Waals surface area contributed by atoms with Gasteiger partial charge >= 0.3 is 6.18 Å². The van der Waals surface area contributed by atoms with Crippen molar-refractivity contribution in [3.05, 3.63) is 64.5 Å². The molecule has 134 valence electrons. The number of anilines is 1. The van der Waals surface area contributed by atoms with Gasteiger partial charge in [0.15, 0.2) is 0 Å². The van der Waals surface area contributed by atoms with Crippen LogP contribution in [0.15, 0.2) is 47.0 Å². The molecule has 9 heteroatoms. The number of nitrogens with one attached hydrogen (secondary N) is 1. The van der Waals surface area contributed by atoms with Crippen LogP contribution in [0.2, 0.25) is 5.02 Å². The van der Waals surface area contributed by atoms with Gasteiger partial charge in [-0.25, -0.2) is 0 Å². The molecule has 1 aromatic heterocycles. The van der Waals surface area contributed by atoms with Crippen LogP contribution < -0.4 is 5.32 Å². The van der Waals surface area contributed by atoms with E-state index in [9.17, 15) is 18.0 Å². The maximum absolute atomic E-state index is 12.9. The van der Waals surface area contributed by atoms with Crippen molar-refractivity contribution >= 4 is 23.2 Å². The van der Waals surface area contributed by atoms with Gasteiger partial charge in [0, 0.05) is 23.7 Å². The summed E-state index contributed by atoms with van der Waals surface area (Å²) in [6.45, 7) is 1.65. The van der Waals surface area contributed by atoms with Gasteiger partial charge in [-0.3, -0.25) is 4.79 Å². The molecule has 1 N–H and O–H groups in total. The van der Waals surface area contributed by atoms with E-state index in [4.69, 9.17) is 16.1 Å². The van der Waals surface area contributed by atoms with E-state index in [0.29, 0.717) is 17.3 Å². The highest BCUT2D eigenvalue weighted by Crippen LogP contribution is 2.36. The van der Waals surface area contributed by atoms with E-state index < -0.39 is 22.7 Å². The first-order chi connectivity index (χ1) is 12.2. The molecule has 0 aliphatic rings. The second-order valence-corrected chi connectivity index (χ2v) is 5.77. The number of hydrogen-bond donors (Lipinski definition) is 1. The number of hydrogen-bond acceptors (Lipinski definition) is 4. The maximum Gasteiger partial charge on any atom is 0.417 e. The lowest BCUT2D eigenvalue weighted by Gasteiger charge is -2.12. The van der Waals surface area contributed by atoms with Crippen molar-refractivity contribution in [1.82, 2.24) is 10.1 Å². The zero-order valence-corrected chi connectivity index (χ0v) is 14.0. The quantitative estimate of drug-likeness (QED) is 0.695. The van der Waals surface area contributed by atoms with E-state index in [2.05, 4.69) is 15.5 Å². The van der Waals surface area contributed by atoms with Gasteiger partial charge in [-0.2, -0.15) is 18.2 Å². The van der Waals surface area contributed by atoms with Crippen molar-refractivity contribution in [3.63, 3.8) is 0 Å². The summed E-state index contributed by atoms with van der Waals surface area (Å²) in [5.74, 6) is 0.225. The molecule has 0 atom stereocenters. The van der Waals surface area contributed by atoms with Crippen molar-refractivity contribution in [2.45, 2.75) is 13.1 Å². The molecule has 0 radical (unpaired) electrons. The molecule has 0 spiro atoms. The number of rotatable bonds is 3. The van der Waals surface area contributed by atoms with E-state index in [1.165, 1.54) is 18.2 Å². The van der Waals surface area contributed by atoms with Crippen molar-refractivity contribution in [2.24, 2.45) is 0 Å². The first-order valence-corrected chi connectivity index (χ1v) is 7.70. The van der Waals surface area contributed by atoms with Gasteiger partial charge in [0.2, 0.25) is 11.7 Å². The molecule has 3 rings (SSSR count). The Bertz CT molecular complexity index is 953. The highest BCUT2D eigenvalue weighted by atomic mass is 35.5. The van der Waals surface area contributed by atoms with E-state index in [-0.39, 0.29) is 11.3 Å². The maximum atomic E-state index is 12.9. The number of amides is 1. The molecule has 5 nitrogen and oxygen atoms in total. The van der Waals surface area contributed by atoms with Crippen molar-refractivity contribution in [2.75, 3.05) is 5.32 Å². The highest BCUT2D eigenvalue weighted by molar-refractivity contribution is 6.31. The Labute approximate surface area is 150 Å². The van der Waals surface area contributed by atoms with E-state index in [1.807, 2.05) is 0 Å². The monoisotopic (exact) mass is 381 g/mol. The number of carbonyl (C=O) groups is 1. The minimum atomic E-state index is -4.61. The SMILES string of the molecule is Cc1nc(-c2ccc(C(=O)Nc3ccc(Cl)c(C(F)(F)F)c3)cc2)no1. The molecule has 3 aromatic rings. The molecule has 0 unspecified atom stereocenters. The van der Waals surface area contributed by atoms with Crippen LogP contribution in [0.3, 0.4) is 0 Å². The number of carbonyl (C=O) groups excluding carboxylic acids is 1. The summed E-state index contributed by atoms with van der Waals surface area (Å²) in [6, 6.07) is 9.42. The Morgan fingerprint density at radius 3 is 2.42 bits per heavy atom. The minimum absolute atomic E-state index is 0.00963. The first kappa shape index (κ1) is 17.9. The van der Waals surface area contributed by atoms with Gasteiger partial charge in [-0.1, -0.05) is 28.9 Å².